The van der Waals surface area contributed by atoms with Crippen molar-refractivity contribution in [2.75, 3.05) is 0 Å². The van der Waals surface area contributed by atoms with Crippen molar-refractivity contribution in [3.05, 3.63) is 182 Å². The van der Waals surface area contributed by atoms with Crippen LogP contribution in [0.3, 0.4) is 0 Å². The maximum atomic E-state index is 6.92. The molecule has 0 spiro atoms. The Kier molecular flexibility index (Phi) is 6.25. The number of para-hydroxylation sites is 2. The fourth-order valence-corrected chi connectivity index (χ4v) is 7.79. The normalized spacial score (nSPS) is 11.7. The molecule has 0 N–H and O–H groups in total. The molecule has 1 nitrogen and oxygen atoms in total. The van der Waals surface area contributed by atoms with E-state index in [4.69, 9.17) is 4.42 Å². The number of hydrogen-bond acceptors (Lipinski definition) is 1. The highest BCUT2D eigenvalue weighted by atomic mass is 16.3. The summed E-state index contributed by atoms with van der Waals surface area (Å²) in [4.78, 5) is 0. The van der Waals surface area contributed by atoms with E-state index in [1.165, 1.54) is 60.1 Å². The lowest BCUT2D eigenvalue weighted by Crippen LogP contribution is -1.91. The van der Waals surface area contributed by atoms with Gasteiger partial charge < -0.3 is 4.42 Å². The molecule has 1 heteroatoms. The topological polar surface area (TPSA) is 13.1 Å². The zero-order valence-corrected chi connectivity index (χ0v) is 26.7. The van der Waals surface area contributed by atoms with E-state index in [-0.39, 0.29) is 0 Å². The molecule has 9 aromatic carbocycles. The van der Waals surface area contributed by atoms with Gasteiger partial charge in [-0.05, 0) is 66.2 Å². The third-order valence-electron chi connectivity index (χ3n) is 10.1. The Morgan fingerprint density at radius 2 is 0.755 bits per heavy atom. The minimum atomic E-state index is 0.920. The van der Waals surface area contributed by atoms with Gasteiger partial charge in [0, 0.05) is 27.5 Å². The molecule has 0 radical (unpaired) electrons. The molecule has 228 valence electrons. The predicted molar refractivity (Wildman–Crippen MR) is 208 cm³/mol. The summed E-state index contributed by atoms with van der Waals surface area (Å²) in [5, 5.41) is 9.67. The van der Waals surface area contributed by atoms with Gasteiger partial charge in [-0.25, -0.2) is 0 Å². The van der Waals surface area contributed by atoms with E-state index in [1.807, 2.05) is 0 Å². The van der Waals surface area contributed by atoms with Crippen molar-refractivity contribution < 1.29 is 4.42 Å². The van der Waals surface area contributed by atoms with Crippen LogP contribution < -0.4 is 0 Å². The predicted octanol–water partition coefficient (Wildman–Crippen LogP) is 13.7. The molecule has 0 unspecified atom stereocenters. The Hall–Kier alpha value is -6.44. The molecule has 0 saturated carbocycles. The van der Waals surface area contributed by atoms with Crippen molar-refractivity contribution in [3.63, 3.8) is 0 Å². The summed E-state index contributed by atoms with van der Waals surface area (Å²) < 4.78 is 6.92. The van der Waals surface area contributed by atoms with Crippen LogP contribution in [-0.2, 0) is 0 Å². The lowest BCUT2D eigenvalue weighted by molar-refractivity contribution is 0.671. The largest absolute Gasteiger partial charge is 0.455 e. The van der Waals surface area contributed by atoms with Gasteiger partial charge in [-0.2, -0.15) is 0 Å². The van der Waals surface area contributed by atoms with Crippen LogP contribution in [0.15, 0.2) is 186 Å². The van der Waals surface area contributed by atoms with Crippen LogP contribution in [-0.4, -0.2) is 0 Å². The highest BCUT2D eigenvalue weighted by Gasteiger charge is 2.21. The summed E-state index contributed by atoms with van der Waals surface area (Å²) in [6, 6.07) is 65.6. The summed E-state index contributed by atoms with van der Waals surface area (Å²) in [5.74, 6) is 0. The van der Waals surface area contributed by atoms with Crippen molar-refractivity contribution in [2.24, 2.45) is 0 Å². The lowest BCUT2D eigenvalue weighted by atomic mass is 9.85. The van der Waals surface area contributed by atoms with E-state index >= 15 is 0 Å². The fraction of sp³-hybridized carbons (Fsp3) is 0. The van der Waals surface area contributed by atoms with E-state index in [9.17, 15) is 0 Å². The molecule has 0 bridgehead atoms. The van der Waals surface area contributed by atoms with Crippen LogP contribution >= 0.6 is 0 Å². The van der Waals surface area contributed by atoms with E-state index in [0.717, 1.165) is 38.6 Å². The van der Waals surface area contributed by atoms with Crippen LogP contribution in [0.1, 0.15) is 0 Å². The number of rotatable bonds is 4. The smallest absolute Gasteiger partial charge is 0.143 e. The SMILES string of the molecule is c1ccc(-c2cccc3c2oc2c(-c4c5ccccc5c(-c5ccc(-c6ccc7ccccc7c6)cc5)c5ccccc45)cccc23)cc1. The fourth-order valence-electron chi connectivity index (χ4n) is 7.79. The first kappa shape index (κ1) is 27.7. The molecule has 10 rings (SSSR count). The zero-order valence-electron chi connectivity index (χ0n) is 26.7. The summed E-state index contributed by atoms with van der Waals surface area (Å²) in [7, 11) is 0. The van der Waals surface area contributed by atoms with Crippen molar-refractivity contribution in [1.82, 2.24) is 0 Å². The van der Waals surface area contributed by atoms with E-state index in [2.05, 4.69) is 182 Å². The molecule has 0 fully saturated rings. The van der Waals surface area contributed by atoms with Crippen molar-refractivity contribution in [2.45, 2.75) is 0 Å². The molecule has 0 aliphatic carbocycles. The van der Waals surface area contributed by atoms with Gasteiger partial charge in [-0.1, -0.05) is 176 Å². The van der Waals surface area contributed by atoms with Gasteiger partial charge in [0.15, 0.2) is 0 Å². The molecule has 1 heterocycles. The molecule has 0 saturated heterocycles. The van der Waals surface area contributed by atoms with Crippen molar-refractivity contribution in [3.8, 4) is 44.5 Å². The number of benzene rings is 9. The van der Waals surface area contributed by atoms with Crippen LogP contribution in [0.4, 0.5) is 0 Å². The lowest BCUT2D eigenvalue weighted by Gasteiger charge is -2.18. The van der Waals surface area contributed by atoms with Crippen LogP contribution in [0.2, 0.25) is 0 Å². The molecule has 0 amide bonds. The maximum absolute atomic E-state index is 6.92. The number of hydrogen-bond donors (Lipinski definition) is 0. The van der Waals surface area contributed by atoms with Gasteiger partial charge in [0.25, 0.3) is 0 Å². The first-order valence-corrected chi connectivity index (χ1v) is 16.8. The van der Waals surface area contributed by atoms with Crippen molar-refractivity contribution >= 4 is 54.3 Å². The van der Waals surface area contributed by atoms with Gasteiger partial charge in [0.05, 0.1) is 0 Å². The quantitative estimate of drug-likeness (QED) is 0.178. The summed E-state index contributed by atoms with van der Waals surface area (Å²) >= 11 is 0. The Morgan fingerprint density at radius 3 is 1.43 bits per heavy atom. The molecule has 0 aliphatic heterocycles. The zero-order chi connectivity index (χ0) is 32.3. The minimum absolute atomic E-state index is 0.920. The number of fused-ring (bicyclic) bond motifs is 6. The van der Waals surface area contributed by atoms with Gasteiger partial charge in [-0.3, -0.25) is 0 Å². The van der Waals surface area contributed by atoms with Gasteiger partial charge in [0.2, 0.25) is 0 Å². The molecule has 1 aromatic heterocycles. The first-order chi connectivity index (χ1) is 24.3. The first-order valence-electron chi connectivity index (χ1n) is 16.8. The van der Waals surface area contributed by atoms with E-state index in [0.29, 0.717) is 0 Å². The minimum Gasteiger partial charge on any atom is -0.455 e. The van der Waals surface area contributed by atoms with E-state index in [1.54, 1.807) is 0 Å². The molecular weight excluding hydrogens is 593 g/mol. The molecular formula is C48H30O. The van der Waals surface area contributed by atoms with Crippen LogP contribution in [0, 0.1) is 0 Å². The second-order valence-corrected chi connectivity index (χ2v) is 12.8. The van der Waals surface area contributed by atoms with Crippen LogP contribution in [0.25, 0.3) is 98.8 Å². The Bertz CT molecular complexity index is 2800. The molecule has 0 atom stereocenters. The Morgan fingerprint density at radius 1 is 0.265 bits per heavy atom. The van der Waals surface area contributed by atoms with Crippen molar-refractivity contribution in [1.29, 1.82) is 0 Å². The molecule has 10 aromatic rings. The van der Waals surface area contributed by atoms with Gasteiger partial charge in [-0.15, -0.1) is 0 Å². The van der Waals surface area contributed by atoms with Crippen LogP contribution in [0.5, 0.6) is 0 Å². The third kappa shape index (κ3) is 4.40. The summed E-state index contributed by atoms with van der Waals surface area (Å²) in [5.41, 5.74) is 11.3. The third-order valence-corrected chi connectivity index (χ3v) is 10.1. The van der Waals surface area contributed by atoms with Gasteiger partial charge in [0.1, 0.15) is 11.2 Å². The second-order valence-electron chi connectivity index (χ2n) is 12.8. The number of furan rings is 1. The summed E-state index contributed by atoms with van der Waals surface area (Å²) in [6.07, 6.45) is 0. The monoisotopic (exact) mass is 622 g/mol. The second kappa shape index (κ2) is 11.1. The van der Waals surface area contributed by atoms with Gasteiger partial charge >= 0.3 is 0 Å². The summed E-state index contributed by atoms with van der Waals surface area (Å²) in [6.45, 7) is 0. The Balaban J connectivity index is 1.19. The molecule has 0 aliphatic rings. The average Bonchev–Trinajstić information content (AvgIpc) is 3.57. The highest BCUT2D eigenvalue weighted by Crippen LogP contribution is 2.47. The standard InChI is InChI=1S/C48H30O/c1-2-13-33(14-3-1)37-20-10-21-42-43-22-11-23-44(48(43)49-47(37)42)46-40-18-8-6-16-38(40)45(39-17-7-9-19-41(39)46)34-27-24-32(25-28-34)36-29-26-31-12-4-5-15-35(31)30-36/h1-30H. The Labute approximate surface area is 284 Å². The maximum Gasteiger partial charge on any atom is 0.143 e. The molecule has 49 heavy (non-hydrogen) atoms. The highest BCUT2D eigenvalue weighted by molar-refractivity contribution is 6.24. The van der Waals surface area contributed by atoms with E-state index < -0.39 is 0 Å². The average molecular weight is 623 g/mol.